The van der Waals surface area contributed by atoms with Gasteiger partial charge in [0.05, 0.1) is 18.7 Å². The van der Waals surface area contributed by atoms with Gasteiger partial charge in [0, 0.05) is 16.8 Å². The molecule has 6 heteroatoms. The van der Waals surface area contributed by atoms with Crippen LogP contribution in [0.1, 0.15) is 17.2 Å². The molecule has 1 N–H and O–H groups in total. The number of rotatable bonds is 4. The number of halogens is 1. The van der Waals surface area contributed by atoms with Crippen molar-refractivity contribution in [2.45, 2.75) is 6.04 Å². The Hall–Kier alpha value is -3.93. The first-order chi connectivity index (χ1) is 14.5. The summed E-state index contributed by atoms with van der Waals surface area (Å²) < 4.78 is 19.9. The molecular weight excluding hydrogens is 385 g/mol. The van der Waals surface area contributed by atoms with Crippen molar-refractivity contribution in [2.24, 2.45) is 0 Å². The van der Waals surface area contributed by atoms with Crippen molar-refractivity contribution in [2.75, 3.05) is 12.0 Å². The predicted octanol–water partition coefficient (Wildman–Crippen LogP) is 4.46. The molecule has 1 amide bonds. The summed E-state index contributed by atoms with van der Waals surface area (Å²) in [5.74, 6) is -2.08. The van der Waals surface area contributed by atoms with Crippen LogP contribution in [0.25, 0.3) is 5.76 Å². The summed E-state index contributed by atoms with van der Waals surface area (Å²) in [6.07, 6.45) is 0. The number of anilines is 1. The number of nitrogens with zero attached hydrogens (tertiary/aromatic N) is 1. The Balaban J connectivity index is 1.95. The van der Waals surface area contributed by atoms with E-state index in [2.05, 4.69) is 0 Å². The van der Waals surface area contributed by atoms with Crippen LogP contribution in [0.4, 0.5) is 10.1 Å². The summed E-state index contributed by atoms with van der Waals surface area (Å²) in [7, 11) is 1.51. The van der Waals surface area contributed by atoms with Gasteiger partial charge in [-0.15, -0.1) is 0 Å². The molecule has 1 aliphatic rings. The molecular formula is C24H18FNO4. The molecule has 150 valence electrons. The summed E-state index contributed by atoms with van der Waals surface area (Å²) in [4.78, 5) is 27.1. The van der Waals surface area contributed by atoms with Crippen molar-refractivity contribution >= 4 is 23.1 Å². The lowest BCUT2D eigenvalue weighted by atomic mass is 9.94. The SMILES string of the molecule is COc1ccc(N2C(=O)C(=O)/C(=C(/O)c3ccccc3)[C@@H]2c2ccccc2F)cc1. The number of carbonyl (C=O) groups is 2. The molecule has 0 radical (unpaired) electrons. The number of ketones is 1. The van der Waals surface area contributed by atoms with Gasteiger partial charge in [-0.05, 0) is 30.3 Å². The first-order valence-corrected chi connectivity index (χ1v) is 9.28. The number of aliphatic hydroxyl groups excluding tert-OH is 1. The van der Waals surface area contributed by atoms with E-state index in [0.717, 1.165) is 0 Å². The highest BCUT2D eigenvalue weighted by atomic mass is 19.1. The second-order valence-corrected chi connectivity index (χ2v) is 6.75. The molecule has 1 saturated heterocycles. The van der Waals surface area contributed by atoms with E-state index in [1.165, 1.54) is 30.2 Å². The number of hydrogen-bond donors (Lipinski definition) is 1. The molecule has 0 aliphatic carbocycles. The average molecular weight is 403 g/mol. The minimum absolute atomic E-state index is 0.116. The average Bonchev–Trinajstić information content (AvgIpc) is 3.04. The van der Waals surface area contributed by atoms with Gasteiger partial charge in [-0.2, -0.15) is 0 Å². The van der Waals surface area contributed by atoms with Crippen LogP contribution in [-0.4, -0.2) is 23.9 Å². The molecule has 4 rings (SSSR count). The Labute approximate surface area is 172 Å². The van der Waals surface area contributed by atoms with Gasteiger partial charge < -0.3 is 9.84 Å². The van der Waals surface area contributed by atoms with Crippen molar-refractivity contribution in [1.29, 1.82) is 0 Å². The van der Waals surface area contributed by atoms with Crippen LogP contribution in [0.15, 0.2) is 84.4 Å². The standard InChI is InChI=1S/C24H18FNO4/c1-30-17-13-11-16(12-14-17)26-21(18-9-5-6-10-19(18)25)20(23(28)24(26)29)22(27)15-7-3-2-4-8-15/h2-14,21,27H,1H3/b22-20+/t21-/m0/s1. The Kier molecular flexibility index (Phi) is 5.06. The van der Waals surface area contributed by atoms with Gasteiger partial charge in [-0.1, -0.05) is 48.5 Å². The van der Waals surface area contributed by atoms with E-state index in [9.17, 15) is 19.1 Å². The fraction of sp³-hybridized carbons (Fsp3) is 0.0833. The quantitative estimate of drug-likeness (QED) is 0.397. The van der Waals surface area contributed by atoms with Gasteiger partial charge >= 0.3 is 0 Å². The maximum absolute atomic E-state index is 14.8. The van der Waals surface area contributed by atoms with Crippen LogP contribution in [0.2, 0.25) is 0 Å². The second kappa shape index (κ2) is 7.83. The molecule has 0 spiro atoms. The van der Waals surface area contributed by atoms with E-state index >= 15 is 0 Å². The van der Waals surface area contributed by atoms with Crippen molar-refractivity contribution in [3.8, 4) is 5.75 Å². The highest BCUT2D eigenvalue weighted by Gasteiger charge is 2.47. The molecule has 3 aromatic carbocycles. The minimum Gasteiger partial charge on any atom is -0.507 e. The number of carbonyl (C=O) groups excluding carboxylic acids is 2. The summed E-state index contributed by atoms with van der Waals surface area (Å²) in [5.41, 5.74) is 0.710. The molecule has 30 heavy (non-hydrogen) atoms. The molecule has 0 bridgehead atoms. The highest BCUT2D eigenvalue weighted by Crippen LogP contribution is 2.43. The van der Waals surface area contributed by atoms with E-state index in [1.54, 1.807) is 60.7 Å². The zero-order valence-corrected chi connectivity index (χ0v) is 16.1. The summed E-state index contributed by atoms with van der Waals surface area (Å²) in [5, 5.41) is 10.9. The summed E-state index contributed by atoms with van der Waals surface area (Å²) >= 11 is 0. The Morgan fingerprint density at radius 3 is 2.20 bits per heavy atom. The van der Waals surface area contributed by atoms with Crippen LogP contribution in [0.3, 0.4) is 0 Å². The lowest BCUT2D eigenvalue weighted by Gasteiger charge is -2.25. The number of methoxy groups -OCH3 is 1. The number of Topliss-reactive ketones (excluding diaryl/α,β-unsaturated/α-hetero) is 1. The molecule has 0 aromatic heterocycles. The second-order valence-electron chi connectivity index (χ2n) is 6.75. The van der Waals surface area contributed by atoms with E-state index in [4.69, 9.17) is 4.74 Å². The largest absolute Gasteiger partial charge is 0.507 e. The number of hydrogen-bond acceptors (Lipinski definition) is 4. The fourth-order valence-electron chi connectivity index (χ4n) is 3.58. The van der Waals surface area contributed by atoms with Crippen molar-refractivity contribution in [3.63, 3.8) is 0 Å². The maximum atomic E-state index is 14.8. The molecule has 3 aromatic rings. The third-order valence-corrected chi connectivity index (χ3v) is 5.04. The van der Waals surface area contributed by atoms with E-state index in [-0.39, 0.29) is 16.9 Å². The molecule has 1 aliphatic heterocycles. The van der Waals surface area contributed by atoms with Gasteiger partial charge in [0.25, 0.3) is 11.7 Å². The van der Waals surface area contributed by atoms with Gasteiger partial charge in [-0.3, -0.25) is 14.5 Å². The first-order valence-electron chi connectivity index (χ1n) is 9.28. The van der Waals surface area contributed by atoms with Gasteiger partial charge in [0.15, 0.2) is 0 Å². The molecule has 5 nitrogen and oxygen atoms in total. The van der Waals surface area contributed by atoms with Gasteiger partial charge in [0.1, 0.15) is 17.3 Å². The topological polar surface area (TPSA) is 66.8 Å². The first kappa shape index (κ1) is 19.4. The number of amides is 1. The normalized spacial score (nSPS) is 17.9. The van der Waals surface area contributed by atoms with Crippen LogP contribution < -0.4 is 9.64 Å². The lowest BCUT2D eigenvalue weighted by molar-refractivity contribution is -0.132. The third-order valence-electron chi connectivity index (χ3n) is 5.04. The Morgan fingerprint density at radius 2 is 1.57 bits per heavy atom. The molecule has 0 saturated carbocycles. The lowest BCUT2D eigenvalue weighted by Crippen LogP contribution is -2.29. The van der Waals surface area contributed by atoms with E-state index in [1.807, 2.05) is 0 Å². The smallest absolute Gasteiger partial charge is 0.300 e. The Morgan fingerprint density at radius 1 is 0.933 bits per heavy atom. The van der Waals surface area contributed by atoms with Crippen molar-refractivity contribution in [3.05, 3.63) is 101 Å². The molecule has 0 unspecified atom stereocenters. The maximum Gasteiger partial charge on any atom is 0.300 e. The van der Waals surface area contributed by atoms with Crippen LogP contribution in [0, 0.1) is 5.82 Å². The predicted molar refractivity (Wildman–Crippen MR) is 111 cm³/mol. The third kappa shape index (κ3) is 3.22. The van der Waals surface area contributed by atoms with Gasteiger partial charge in [-0.25, -0.2) is 4.39 Å². The molecule has 1 fully saturated rings. The van der Waals surface area contributed by atoms with E-state index in [0.29, 0.717) is 17.0 Å². The summed E-state index contributed by atoms with van der Waals surface area (Å²) in [6.45, 7) is 0. The Bertz CT molecular complexity index is 1140. The molecule has 1 heterocycles. The zero-order chi connectivity index (χ0) is 21.3. The van der Waals surface area contributed by atoms with Crippen molar-refractivity contribution in [1.82, 2.24) is 0 Å². The van der Waals surface area contributed by atoms with Crippen molar-refractivity contribution < 1.29 is 23.8 Å². The van der Waals surface area contributed by atoms with E-state index < -0.39 is 23.5 Å². The summed E-state index contributed by atoms with van der Waals surface area (Å²) in [6, 6.07) is 19.7. The molecule has 1 atom stereocenters. The van der Waals surface area contributed by atoms with Crippen LogP contribution in [-0.2, 0) is 9.59 Å². The number of aliphatic hydroxyl groups is 1. The number of benzene rings is 3. The highest BCUT2D eigenvalue weighted by molar-refractivity contribution is 6.51. The fourth-order valence-corrected chi connectivity index (χ4v) is 3.58. The monoisotopic (exact) mass is 403 g/mol. The van der Waals surface area contributed by atoms with Crippen LogP contribution in [0.5, 0.6) is 5.75 Å². The minimum atomic E-state index is -1.11. The van der Waals surface area contributed by atoms with Crippen LogP contribution >= 0.6 is 0 Å². The zero-order valence-electron chi connectivity index (χ0n) is 16.1. The number of ether oxygens (including phenoxy) is 1. The van der Waals surface area contributed by atoms with Gasteiger partial charge in [0.2, 0.25) is 0 Å².